The molecular formula is C14H13O3P. The van der Waals surface area contributed by atoms with Crippen LogP contribution in [-0.2, 0) is 14.6 Å². The Hall–Kier alpha value is -1.41. The highest BCUT2D eigenvalue weighted by Crippen LogP contribution is 2.67. The summed E-state index contributed by atoms with van der Waals surface area (Å²) in [6, 6.07) is 17.9. The van der Waals surface area contributed by atoms with Gasteiger partial charge in [-0.3, -0.25) is 4.57 Å². The van der Waals surface area contributed by atoms with Crippen LogP contribution in [0, 0.1) is 0 Å². The molecule has 0 aliphatic carbocycles. The molecule has 3 rings (SSSR count). The summed E-state index contributed by atoms with van der Waals surface area (Å²) in [6.45, 7) is 0.291. The highest BCUT2D eigenvalue weighted by atomic mass is 31.2. The van der Waals surface area contributed by atoms with Crippen molar-refractivity contribution >= 4 is 12.7 Å². The van der Waals surface area contributed by atoms with Crippen molar-refractivity contribution < 1.29 is 14.2 Å². The lowest BCUT2D eigenvalue weighted by molar-refractivity contribution is 0.349. The quantitative estimate of drug-likeness (QED) is 0.681. The van der Waals surface area contributed by atoms with E-state index in [1.807, 2.05) is 36.4 Å². The van der Waals surface area contributed by atoms with E-state index in [9.17, 15) is 9.46 Å². The summed E-state index contributed by atoms with van der Waals surface area (Å²) in [7, 11) is -3.58. The highest BCUT2D eigenvalue weighted by Gasteiger charge is 2.61. The van der Waals surface area contributed by atoms with Crippen molar-refractivity contribution in [2.24, 2.45) is 0 Å². The van der Waals surface area contributed by atoms with E-state index in [0.717, 1.165) is 5.56 Å². The lowest BCUT2D eigenvalue weighted by Gasteiger charge is -2.20. The fourth-order valence-corrected chi connectivity index (χ4v) is 4.03. The monoisotopic (exact) mass is 260 g/mol. The molecule has 4 heteroatoms. The van der Waals surface area contributed by atoms with Crippen molar-refractivity contribution in [3.8, 4) is 0 Å². The number of hydrogen-bond acceptors (Lipinski definition) is 2. The zero-order valence-corrected chi connectivity index (χ0v) is 10.6. The molecule has 1 aliphatic rings. The summed E-state index contributed by atoms with van der Waals surface area (Å²) in [4.78, 5) is 10.5. The van der Waals surface area contributed by atoms with E-state index in [4.69, 9.17) is 4.74 Å². The van der Waals surface area contributed by atoms with Gasteiger partial charge in [-0.05, 0) is 17.7 Å². The van der Waals surface area contributed by atoms with Crippen LogP contribution in [0.15, 0.2) is 60.7 Å². The van der Waals surface area contributed by atoms with Crippen molar-refractivity contribution in [1.29, 1.82) is 0 Å². The van der Waals surface area contributed by atoms with Gasteiger partial charge in [0.1, 0.15) is 0 Å². The molecule has 1 unspecified atom stereocenters. The maximum Gasteiger partial charge on any atom is 0.267 e. The first-order valence-electron chi connectivity index (χ1n) is 5.75. The summed E-state index contributed by atoms with van der Waals surface area (Å²) < 4.78 is 18.1. The van der Waals surface area contributed by atoms with Gasteiger partial charge in [0.05, 0.1) is 6.61 Å². The molecule has 0 spiro atoms. The second kappa shape index (κ2) is 4.06. The highest BCUT2D eigenvalue weighted by molar-refractivity contribution is 7.67. The lowest BCUT2D eigenvalue weighted by atomic mass is 10.2. The Bertz CT molecular complexity index is 591. The Kier molecular flexibility index (Phi) is 2.63. The molecule has 0 radical (unpaired) electrons. The van der Waals surface area contributed by atoms with Gasteiger partial charge in [-0.2, -0.15) is 0 Å². The lowest BCUT2D eigenvalue weighted by Crippen LogP contribution is -2.18. The third kappa shape index (κ3) is 1.64. The predicted molar refractivity (Wildman–Crippen MR) is 70.0 cm³/mol. The van der Waals surface area contributed by atoms with Crippen LogP contribution < -0.4 is 5.30 Å². The van der Waals surface area contributed by atoms with Crippen molar-refractivity contribution in [3.05, 3.63) is 66.2 Å². The zero-order valence-electron chi connectivity index (χ0n) is 9.69. The molecular weight excluding hydrogens is 247 g/mol. The average Bonchev–Trinajstić information content (AvgIpc) is 3.23. The minimum atomic E-state index is -3.58. The van der Waals surface area contributed by atoms with E-state index in [0.29, 0.717) is 11.9 Å². The molecule has 18 heavy (non-hydrogen) atoms. The average molecular weight is 260 g/mol. The molecule has 0 aromatic heterocycles. The van der Waals surface area contributed by atoms with E-state index in [-0.39, 0.29) is 0 Å². The van der Waals surface area contributed by atoms with Crippen LogP contribution in [-0.4, -0.2) is 11.5 Å². The Morgan fingerprint density at radius 1 is 1.00 bits per heavy atom. The predicted octanol–water partition coefficient (Wildman–Crippen LogP) is 2.47. The van der Waals surface area contributed by atoms with Crippen LogP contribution in [0.3, 0.4) is 0 Å². The number of epoxide rings is 1. The summed E-state index contributed by atoms with van der Waals surface area (Å²) in [5.74, 6) is 0. The van der Waals surface area contributed by atoms with Crippen molar-refractivity contribution in [1.82, 2.24) is 0 Å². The molecule has 1 heterocycles. The Balaban J connectivity index is 2.08. The van der Waals surface area contributed by atoms with Gasteiger partial charge in [0.25, 0.3) is 7.37 Å². The summed E-state index contributed by atoms with van der Waals surface area (Å²) >= 11 is 0. The van der Waals surface area contributed by atoms with E-state index >= 15 is 0 Å². The molecule has 1 fully saturated rings. The van der Waals surface area contributed by atoms with Gasteiger partial charge in [-0.15, -0.1) is 0 Å². The number of hydrogen-bond donors (Lipinski definition) is 1. The van der Waals surface area contributed by atoms with E-state index < -0.39 is 12.7 Å². The third-order valence-corrected chi connectivity index (χ3v) is 5.73. The fourth-order valence-electron chi connectivity index (χ4n) is 2.12. The first-order chi connectivity index (χ1) is 8.67. The van der Waals surface area contributed by atoms with Crippen molar-refractivity contribution in [3.63, 3.8) is 0 Å². The van der Waals surface area contributed by atoms with Crippen LogP contribution in [0.1, 0.15) is 5.56 Å². The smallest absolute Gasteiger partial charge is 0.267 e. The molecule has 0 saturated carbocycles. The Morgan fingerprint density at radius 3 is 2.00 bits per heavy atom. The molecule has 92 valence electrons. The van der Waals surface area contributed by atoms with Gasteiger partial charge in [0, 0.05) is 5.30 Å². The largest absolute Gasteiger partial charge is 0.353 e. The SMILES string of the molecule is O=P(O)(c1ccccc1)[C@]1(c2ccccc2)CO1. The first-order valence-corrected chi connectivity index (χ1v) is 7.41. The maximum atomic E-state index is 12.7. The summed E-state index contributed by atoms with van der Waals surface area (Å²) in [6.07, 6.45) is 0. The van der Waals surface area contributed by atoms with Gasteiger partial charge >= 0.3 is 0 Å². The summed E-state index contributed by atoms with van der Waals surface area (Å²) in [5, 5.41) is -0.610. The molecule has 3 nitrogen and oxygen atoms in total. The topological polar surface area (TPSA) is 49.8 Å². The summed E-state index contributed by atoms with van der Waals surface area (Å²) in [5.41, 5.74) is 0.764. The fraction of sp³-hybridized carbons (Fsp3) is 0.143. The van der Waals surface area contributed by atoms with Crippen LogP contribution in [0.5, 0.6) is 0 Å². The molecule has 0 bridgehead atoms. The molecule has 2 aromatic rings. The van der Waals surface area contributed by atoms with Crippen LogP contribution in [0.2, 0.25) is 0 Å². The Labute approximate surface area is 105 Å². The molecule has 1 aliphatic heterocycles. The van der Waals surface area contributed by atoms with Crippen molar-refractivity contribution in [2.75, 3.05) is 6.61 Å². The Morgan fingerprint density at radius 2 is 1.50 bits per heavy atom. The minimum absolute atomic E-state index is 0.291. The van der Waals surface area contributed by atoms with E-state index in [1.165, 1.54) is 0 Å². The second-order valence-electron chi connectivity index (χ2n) is 4.35. The molecule has 1 saturated heterocycles. The number of ether oxygens (including phenoxy) is 1. The van der Waals surface area contributed by atoms with Crippen LogP contribution >= 0.6 is 7.37 Å². The van der Waals surface area contributed by atoms with Crippen molar-refractivity contribution in [2.45, 2.75) is 5.34 Å². The van der Waals surface area contributed by atoms with E-state index in [1.54, 1.807) is 24.3 Å². The van der Waals surface area contributed by atoms with Gasteiger partial charge < -0.3 is 9.63 Å². The normalized spacial score (nSPS) is 25.4. The van der Waals surface area contributed by atoms with Gasteiger partial charge in [0.2, 0.25) is 0 Å². The second-order valence-corrected chi connectivity index (χ2v) is 6.74. The van der Waals surface area contributed by atoms with Gasteiger partial charge in [-0.1, -0.05) is 48.5 Å². The van der Waals surface area contributed by atoms with Gasteiger partial charge in [-0.25, -0.2) is 0 Å². The number of rotatable bonds is 3. The van der Waals surface area contributed by atoms with Crippen LogP contribution in [0.25, 0.3) is 0 Å². The molecule has 2 atom stereocenters. The minimum Gasteiger partial charge on any atom is -0.353 e. The zero-order chi connectivity index (χ0) is 12.6. The molecule has 0 amide bonds. The maximum absolute atomic E-state index is 12.7. The molecule has 2 aromatic carbocycles. The van der Waals surface area contributed by atoms with Crippen LogP contribution in [0.4, 0.5) is 0 Å². The molecule has 1 N–H and O–H groups in total. The van der Waals surface area contributed by atoms with Gasteiger partial charge in [0.15, 0.2) is 5.34 Å². The third-order valence-electron chi connectivity index (χ3n) is 3.24. The number of benzene rings is 2. The van der Waals surface area contributed by atoms with E-state index in [2.05, 4.69) is 0 Å². The standard InChI is InChI=1S/C14H13O3P/c15-18(16,13-9-5-2-6-10-13)14(11-17-14)12-7-3-1-4-8-12/h1-10H,11H2,(H,15,16)/t14-/m0/s1. The first kappa shape index (κ1) is 11.7.